The molecule has 0 aliphatic heterocycles. The van der Waals surface area contributed by atoms with Crippen LogP contribution in [-0.4, -0.2) is 41.5 Å². The maximum absolute atomic E-state index is 13.4. The van der Waals surface area contributed by atoms with E-state index < -0.39 is 15.9 Å². The molecule has 2 heterocycles. The number of benzene rings is 3. The smallest absolute Gasteiger partial charge is 0.263 e. The third kappa shape index (κ3) is 6.62. The summed E-state index contributed by atoms with van der Waals surface area (Å²) in [5, 5.41) is 15.7. The van der Waals surface area contributed by atoms with Crippen molar-refractivity contribution in [2.75, 3.05) is 22.5 Å². The van der Waals surface area contributed by atoms with E-state index in [4.69, 9.17) is 16.3 Å². The molecule has 5 aromatic rings. The lowest BCUT2D eigenvalue weighted by molar-refractivity contribution is 0.102. The number of phenolic OH excluding ortho intramolecular Hbond substituents is 1. The second kappa shape index (κ2) is 12.1. The van der Waals surface area contributed by atoms with Gasteiger partial charge in [0.2, 0.25) is 0 Å². The fourth-order valence-corrected chi connectivity index (χ4v) is 5.01. The van der Waals surface area contributed by atoms with Crippen LogP contribution in [0.4, 0.5) is 23.0 Å². The van der Waals surface area contributed by atoms with E-state index in [9.17, 15) is 18.3 Å². The van der Waals surface area contributed by atoms with Crippen LogP contribution in [0.2, 0.25) is 5.15 Å². The number of hydrogen-bond donors (Lipinski definition) is 4. The molecule has 0 aliphatic carbocycles. The maximum atomic E-state index is 13.4. The number of pyridine rings is 1. The van der Waals surface area contributed by atoms with Crippen molar-refractivity contribution in [3.8, 4) is 11.5 Å². The molecule has 0 atom stereocenters. The van der Waals surface area contributed by atoms with Gasteiger partial charge in [-0.1, -0.05) is 37.2 Å². The Balaban J connectivity index is 0.00000387. The zero-order chi connectivity index (χ0) is 28.3. The largest absolute Gasteiger partial charge is 0.508 e. The van der Waals surface area contributed by atoms with Gasteiger partial charge in [0.25, 0.3) is 15.9 Å². The summed E-state index contributed by atoms with van der Waals surface area (Å²) in [6, 6.07) is 20.2. The first kappa shape index (κ1) is 29.1. The highest BCUT2D eigenvalue weighted by atomic mass is 35.5. The van der Waals surface area contributed by atoms with Crippen LogP contribution >= 0.6 is 11.6 Å². The van der Waals surface area contributed by atoms with E-state index in [1.54, 1.807) is 42.5 Å². The van der Waals surface area contributed by atoms with Crippen molar-refractivity contribution in [3.63, 3.8) is 0 Å². The molecule has 0 saturated heterocycles. The number of aromatic nitrogens is 3. The number of nitrogens with one attached hydrogen (secondary N) is 3. The van der Waals surface area contributed by atoms with Gasteiger partial charge in [0, 0.05) is 35.8 Å². The summed E-state index contributed by atoms with van der Waals surface area (Å²) in [7, 11) is -2.75. The summed E-state index contributed by atoms with van der Waals surface area (Å²) in [6.07, 6.45) is 1.45. The Morgan fingerprint density at radius 3 is 2.34 bits per heavy atom. The number of ether oxygens (including phenoxy) is 1. The highest BCUT2D eigenvalue weighted by molar-refractivity contribution is 7.92. The van der Waals surface area contributed by atoms with Gasteiger partial charge in [0.05, 0.1) is 28.6 Å². The Morgan fingerprint density at radius 2 is 1.63 bits per heavy atom. The molecule has 0 bridgehead atoms. The summed E-state index contributed by atoms with van der Waals surface area (Å²) < 4.78 is 34.6. The third-order valence-electron chi connectivity index (χ3n) is 5.60. The average molecular weight is 593 g/mol. The van der Waals surface area contributed by atoms with E-state index in [-0.39, 0.29) is 46.1 Å². The molecule has 41 heavy (non-hydrogen) atoms. The van der Waals surface area contributed by atoms with Crippen LogP contribution < -0.4 is 20.1 Å². The molecule has 1 amide bonds. The number of anilines is 4. The predicted molar refractivity (Wildman–Crippen MR) is 159 cm³/mol. The lowest BCUT2D eigenvalue weighted by Gasteiger charge is -2.15. The van der Waals surface area contributed by atoms with Crippen molar-refractivity contribution in [1.82, 2.24) is 15.0 Å². The number of fused-ring (bicyclic) bond motifs is 1. The fourth-order valence-electron chi connectivity index (χ4n) is 3.75. The first-order valence-electron chi connectivity index (χ1n) is 11.7. The minimum absolute atomic E-state index is 0. The second-order valence-electron chi connectivity index (χ2n) is 8.38. The molecule has 0 radical (unpaired) electrons. The van der Waals surface area contributed by atoms with E-state index in [0.717, 1.165) is 0 Å². The fraction of sp³-hybridized carbons (Fsp3) is 0.0714. The van der Waals surface area contributed by atoms with Crippen LogP contribution in [0.15, 0.2) is 90.0 Å². The Morgan fingerprint density at radius 1 is 0.902 bits per heavy atom. The number of methoxy groups -OCH3 is 1. The molecule has 5 rings (SSSR count). The standard InChI is InChI=1S/C27H21ClN6O5S.CH4/c1-39-19-13-17(12-18(35)15-19)30-25-26(33-23-10-3-2-9-22(23)32-25)34-40(37,38)20-7-4-6-16(14-20)31-27(36)21-8-5-11-29-24(21)28;/h2-15,35H,1H3,(H,30,32)(H,31,36)(H,33,34);1H4. The number of amides is 1. The van der Waals surface area contributed by atoms with Crippen molar-refractivity contribution in [2.45, 2.75) is 12.3 Å². The molecule has 11 nitrogen and oxygen atoms in total. The minimum atomic E-state index is -4.21. The van der Waals surface area contributed by atoms with Gasteiger partial charge in [-0.05, 0) is 42.5 Å². The number of hydrogen-bond acceptors (Lipinski definition) is 9. The van der Waals surface area contributed by atoms with E-state index in [1.807, 2.05) is 0 Å². The molecule has 210 valence electrons. The molecule has 0 aliphatic rings. The van der Waals surface area contributed by atoms with Crippen LogP contribution in [-0.2, 0) is 10.0 Å². The van der Waals surface area contributed by atoms with Gasteiger partial charge < -0.3 is 20.5 Å². The quantitative estimate of drug-likeness (QED) is 0.163. The van der Waals surface area contributed by atoms with E-state index in [0.29, 0.717) is 22.5 Å². The lowest BCUT2D eigenvalue weighted by Crippen LogP contribution is -2.17. The molecule has 0 unspecified atom stereocenters. The second-order valence-corrected chi connectivity index (χ2v) is 10.4. The first-order valence-corrected chi connectivity index (χ1v) is 13.5. The van der Waals surface area contributed by atoms with Crippen molar-refractivity contribution in [2.24, 2.45) is 0 Å². The third-order valence-corrected chi connectivity index (χ3v) is 7.24. The van der Waals surface area contributed by atoms with Crippen molar-refractivity contribution < 1.29 is 23.1 Å². The molecular formula is C28H25ClN6O5S. The van der Waals surface area contributed by atoms with Gasteiger partial charge in [0.15, 0.2) is 11.6 Å². The number of sulfonamides is 1. The van der Waals surface area contributed by atoms with Crippen LogP contribution in [0.1, 0.15) is 17.8 Å². The SMILES string of the molecule is C.COc1cc(O)cc(Nc2nc3ccccc3nc2NS(=O)(=O)c2cccc(NC(=O)c3cccnc3Cl)c2)c1. The predicted octanol–water partition coefficient (Wildman–Crippen LogP) is 5.83. The van der Waals surface area contributed by atoms with E-state index in [1.165, 1.54) is 49.7 Å². The molecule has 3 aromatic carbocycles. The summed E-state index contributed by atoms with van der Waals surface area (Å²) >= 11 is 6.00. The zero-order valence-corrected chi connectivity index (χ0v) is 22.4. The van der Waals surface area contributed by atoms with Crippen LogP contribution in [0.3, 0.4) is 0 Å². The monoisotopic (exact) mass is 592 g/mol. The highest BCUT2D eigenvalue weighted by Crippen LogP contribution is 2.31. The number of carbonyl (C=O) groups is 1. The molecule has 0 spiro atoms. The topological polar surface area (TPSA) is 155 Å². The molecule has 13 heteroatoms. The summed E-state index contributed by atoms with van der Waals surface area (Å²) in [4.78, 5) is 25.4. The van der Waals surface area contributed by atoms with Gasteiger partial charge >= 0.3 is 0 Å². The Hall–Kier alpha value is -4.94. The summed E-state index contributed by atoms with van der Waals surface area (Å²) in [5.74, 6) is -0.230. The Labute approximate surface area is 241 Å². The van der Waals surface area contributed by atoms with Crippen molar-refractivity contribution in [1.29, 1.82) is 0 Å². The zero-order valence-electron chi connectivity index (χ0n) is 20.8. The molecule has 2 aromatic heterocycles. The molecular weight excluding hydrogens is 568 g/mol. The molecule has 0 fully saturated rings. The Bertz CT molecular complexity index is 1850. The molecule has 4 N–H and O–H groups in total. The van der Waals surface area contributed by atoms with E-state index >= 15 is 0 Å². The number of rotatable bonds is 8. The van der Waals surface area contributed by atoms with E-state index in [2.05, 4.69) is 30.3 Å². The maximum Gasteiger partial charge on any atom is 0.263 e. The van der Waals surface area contributed by atoms with Gasteiger partial charge in [-0.3, -0.25) is 9.52 Å². The lowest BCUT2D eigenvalue weighted by atomic mass is 10.2. The van der Waals surface area contributed by atoms with Crippen LogP contribution in [0, 0.1) is 0 Å². The number of carbonyl (C=O) groups excluding carboxylic acids is 1. The summed E-state index contributed by atoms with van der Waals surface area (Å²) in [5.41, 5.74) is 1.72. The van der Waals surface area contributed by atoms with Gasteiger partial charge in [0.1, 0.15) is 16.7 Å². The van der Waals surface area contributed by atoms with Gasteiger partial charge in [-0.2, -0.15) is 0 Å². The number of halogens is 1. The number of nitrogens with zero attached hydrogens (tertiary/aromatic N) is 3. The normalized spacial score (nSPS) is 10.9. The number of phenols is 1. The summed E-state index contributed by atoms with van der Waals surface area (Å²) in [6.45, 7) is 0. The average Bonchev–Trinajstić information content (AvgIpc) is 2.93. The van der Waals surface area contributed by atoms with Crippen molar-refractivity contribution in [3.05, 3.63) is 95.8 Å². The first-order chi connectivity index (χ1) is 19.2. The minimum Gasteiger partial charge on any atom is -0.508 e. The van der Waals surface area contributed by atoms with Gasteiger partial charge in [-0.15, -0.1) is 0 Å². The van der Waals surface area contributed by atoms with Gasteiger partial charge in [-0.25, -0.2) is 23.4 Å². The Kier molecular flexibility index (Phi) is 8.55. The molecule has 0 saturated carbocycles. The van der Waals surface area contributed by atoms with Crippen molar-refractivity contribution >= 4 is 61.6 Å². The van der Waals surface area contributed by atoms with Crippen LogP contribution in [0.5, 0.6) is 11.5 Å². The number of para-hydroxylation sites is 2. The highest BCUT2D eigenvalue weighted by Gasteiger charge is 2.21. The number of aromatic hydroxyl groups is 1. The van der Waals surface area contributed by atoms with Crippen LogP contribution in [0.25, 0.3) is 11.0 Å².